The summed E-state index contributed by atoms with van der Waals surface area (Å²) >= 11 is 0. The molecule has 1 saturated heterocycles. The number of hydrogen-bond donors (Lipinski definition) is 2. The number of amides is 1. The third-order valence-electron chi connectivity index (χ3n) is 4.48. The number of likely N-dealkylation sites (tertiary alicyclic amines) is 1. The van der Waals surface area contributed by atoms with Crippen LogP contribution in [0.25, 0.3) is 5.76 Å². The molecule has 6 nitrogen and oxygen atoms in total. The highest BCUT2D eigenvalue weighted by Crippen LogP contribution is 2.38. The molecule has 3 rings (SSSR count). The maximum atomic E-state index is 13.2. The molecule has 1 aliphatic heterocycles. The van der Waals surface area contributed by atoms with Gasteiger partial charge >= 0.3 is 0 Å². The first-order chi connectivity index (χ1) is 12.9. The van der Waals surface area contributed by atoms with Crippen LogP contribution >= 0.6 is 0 Å². The highest BCUT2D eigenvalue weighted by Gasteiger charge is 2.46. The van der Waals surface area contributed by atoms with Gasteiger partial charge in [-0.1, -0.05) is 6.07 Å². The van der Waals surface area contributed by atoms with Gasteiger partial charge in [0.2, 0.25) is 0 Å². The number of aromatic nitrogens is 1. The number of benzene rings is 1. The van der Waals surface area contributed by atoms with Gasteiger partial charge in [0.05, 0.1) is 38.5 Å². The lowest BCUT2D eigenvalue weighted by Gasteiger charge is -2.24. The zero-order valence-electron chi connectivity index (χ0n) is 15.1. The Hall–Kier alpha value is -3.06. The molecular formula is C20H21FN3O3+. The highest BCUT2D eigenvalue weighted by atomic mass is 19.1. The number of quaternary nitrogens is 1. The summed E-state index contributed by atoms with van der Waals surface area (Å²) in [7, 11) is 3.90. The summed E-state index contributed by atoms with van der Waals surface area (Å²) in [6.07, 6.45) is 1.57. The average molecular weight is 370 g/mol. The molecule has 2 aromatic rings. The first kappa shape index (κ1) is 18.7. The van der Waals surface area contributed by atoms with E-state index in [2.05, 4.69) is 4.98 Å². The Morgan fingerprint density at radius 1 is 1.19 bits per heavy atom. The molecule has 0 saturated carbocycles. The molecule has 0 aliphatic carbocycles. The van der Waals surface area contributed by atoms with E-state index in [9.17, 15) is 19.1 Å². The maximum Gasteiger partial charge on any atom is 0.295 e. The van der Waals surface area contributed by atoms with Crippen molar-refractivity contribution in [2.75, 3.05) is 27.2 Å². The van der Waals surface area contributed by atoms with E-state index in [4.69, 9.17) is 0 Å². The van der Waals surface area contributed by atoms with Crippen molar-refractivity contribution in [2.45, 2.75) is 6.04 Å². The number of hydrogen-bond acceptors (Lipinski definition) is 4. The Morgan fingerprint density at radius 3 is 2.48 bits per heavy atom. The number of rotatable bonds is 5. The second-order valence-electron chi connectivity index (χ2n) is 6.71. The van der Waals surface area contributed by atoms with Crippen LogP contribution in [0.3, 0.4) is 0 Å². The predicted molar refractivity (Wildman–Crippen MR) is 97.3 cm³/mol. The van der Waals surface area contributed by atoms with Gasteiger partial charge in [0.15, 0.2) is 0 Å². The van der Waals surface area contributed by atoms with E-state index in [1.165, 1.54) is 29.2 Å². The summed E-state index contributed by atoms with van der Waals surface area (Å²) in [6.45, 7) is 0.974. The molecule has 1 fully saturated rings. The van der Waals surface area contributed by atoms with Crippen LogP contribution in [-0.4, -0.2) is 53.9 Å². The molecule has 7 heteroatoms. The van der Waals surface area contributed by atoms with E-state index < -0.39 is 23.5 Å². The van der Waals surface area contributed by atoms with Crippen LogP contribution in [-0.2, 0) is 9.59 Å². The number of aliphatic hydroxyl groups is 1. The Kier molecular flexibility index (Phi) is 5.32. The summed E-state index contributed by atoms with van der Waals surface area (Å²) < 4.78 is 13.2. The molecule has 0 unspecified atom stereocenters. The van der Waals surface area contributed by atoms with E-state index in [1.807, 2.05) is 14.1 Å². The van der Waals surface area contributed by atoms with Crippen LogP contribution in [0.1, 0.15) is 17.3 Å². The highest BCUT2D eigenvalue weighted by molar-refractivity contribution is 6.46. The van der Waals surface area contributed by atoms with E-state index in [-0.39, 0.29) is 16.9 Å². The zero-order chi connectivity index (χ0) is 19.6. The number of likely N-dealkylation sites (N-methyl/N-ethyl adjacent to an activating group) is 1. The van der Waals surface area contributed by atoms with Crippen molar-refractivity contribution in [3.05, 3.63) is 71.3 Å². The topological polar surface area (TPSA) is 74.9 Å². The Morgan fingerprint density at radius 2 is 1.89 bits per heavy atom. The van der Waals surface area contributed by atoms with Crippen LogP contribution < -0.4 is 4.90 Å². The lowest BCUT2D eigenvalue weighted by atomic mass is 9.98. The fourth-order valence-corrected chi connectivity index (χ4v) is 3.06. The van der Waals surface area contributed by atoms with Crippen LogP contribution in [0.4, 0.5) is 4.39 Å². The number of ketones is 1. The quantitative estimate of drug-likeness (QED) is 0.464. The Bertz CT molecular complexity index is 879. The van der Waals surface area contributed by atoms with Gasteiger partial charge in [-0.15, -0.1) is 0 Å². The summed E-state index contributed by atoms with van der Waals surface area (Å²) in [6, 6.07) is 9.55. The van der Waals surface area contributed by atoms with Crippen LogP contribution in [0.5, 0.6) is 0 Å². The third kappa shape index (κ3) is 3.73. The SMILES string of the molecule is C[NH+](C)CCN1C(=O)C(=O)C(=C(O)c2ccc(F)cc2)[C@H]1c1ccccn1. The van der Waals surface area contributed by atoms with E-state index >= 15 is 0 Å². The molecule has 1 aliphatic rings. The van der Waals surface area contributed by atoms with Crippen LogP contribution in [0.15, 0.2) is 54.2 Å². The first-order valence-electron chi connectivity index (χ1n) is 8.64. The summed E-state index contributed by atoms with van der Waals surface area (Å²) in [5, 5.41) is 10.8. The van der Waals surface area contributed by atoms with Gasteiger partial charge < -0.3 is 14.9 Å². The second kappa shape index (κ2) is 7.67. The number of aliphatic hydroxyl groups excluding tert-OH is 1. The van der Waals surface area contributed by atoms with Gasteiger partial charge in [-0.3, -0.25) is 14.6 Å². The summed E-state index contributed by atoms with van der Waals surface area (Å²) in [4.78, 5) is 32.2. The predicted octanol–water partition coefficient (Wildman–Crippen LogP) is 0.787. The molecule has 27 heavy (non-hydrogen) atoms. The van der Waals surface area contributed by atoms with Gasteiger partial charge in [-0.05, 0) is 36.4 Å². The molecule has 1 atom stereocenters. The fourth-order valence-electron chi connectivity index (χ4n) is 3.06. The average Bonchev–Trinajstić information content (AvgIpc) is 2.91. The smallest absolute Gasteiger partial charge is 0.295 e. The van der Waals surface area contributed by atoms with Gasteiger partial charge in [-0.2, -0.15) is 0 Å². The molecule has 2 N–H and O–H groups in total. The molecule has 1 aromatic carbocycles. The monoisotopic (exact) mass is 370 g/mol. The standard InChI is InChI=1S/C20H20FN3O3/c1-23(2)11-12-24-17(15-5-3-4-10-22-15)16(19(26)20(24)27)18(25)13-6-8-14(21)9-7-13/h3-10,17,25H,11-12H2,1-2H3/p+1/t17-/m1/s1. The minimum atomic E-state index is -0.782. The molecule has 0 radical (unpaired) electrons. The molecule has 1 aromatic heterocycles. The van der Waals surface area contributed by atoms with Crippen molar-refractivity contribution in [3.8, 4) is 0 Å². The summed E-state index contributed by atoms with van der Waals surface area (Å²) in [5.41, 5.74) is 0.738. The lowest BCUT2D eigenvalue weighted by molar-refractivity contribution is -0.857. The van der Waals surface area contributed by atoms with Crippen LogP contribution in [0, 0.1) is 5.82 Å². The van der Waals surface area contributed by atoms with Gasteiger partial charge in [0, 0.05) is 11.8 Å². The van der Waals surface area contributed by atoms with Gasteiger partial charge in [-0.25, -0.2) is 4.39 Å². The van der Waals surface area contributed by atoms with Crippen molar-refractivity contribution >= 4 is 17.4 Å². The molecule has 0 spiro atoms. The number of nitrogens with one attached hydrogen (secondary N) is 1. The summed E-state index contributed by atoms with van der Waals surface area (Å²) in [5.74, 6) is -2.22. The van der Waals surface area contributed by atoms with Crippen LogP contribution in [0.2, 0.25) is 0 Å². The largest absolute Gasteiger partial charge is 0.507 e. The Balaban J connectivity index is 2.12. The molecule has 0 bridgehead atoms. The van der Waals surface area contributed by atoms with Gasteiger partial charge in [0.25, 0.3) is 11.7 Å². The number of pyridine rings is 1. The third-order valence-corrected chi connectivity index (χ3v) is 4.48. The lowest BCUT2D eigenvalue weighted by Crippen LogP contribution is -3.06. The van der Waals surface area contributed by atoms with E-state index in [0.717, 1.165) is 4.90 Å². The molecular weight excluding hydrogens is 349 g/mol. The number of Topliss-reactive ketones (excluding diaryl/α,β-unsaturated/α-hetero) is 1. The number of halogens is 1. The molecule has 140 valence electrons. The van der Waals surface area contributed by atoms with Crippen molar-refractivity contribution in [3.63, 3.8) is 0 Å². The number of nitrogens with zero attached hydrogens (tertiary/aromatic N) is 2. The van der Waals surface area contributed by atoms with Crippen molar-refractivity contribution in [1.82, 2.24) is 9.88 Å². The normalized spacial score (nSPS) is 19.1. The minimum Gasteiger partial charge on any atom is -0.507 e. The zero-order valence-corrected chi connectivity index (χ0v) is 15.1. The second-order valence-corrected chi connectivity index (χ2v) is 6.71. The van der Waals surface area contributed by atoms with Gasteiger partial charge in [0.1, 0.15) is 17.6 Å². The molecule has 1 amide bonds. The number of carbonyl (C=O) groups is 2. The fraction of sp³-hybridized carbons (Fsp3) is 0.250. The van der Waals surface area contributed by atoms with Crippen molar-refractivity contribution in [1.29, 1.82) is 0 Å². The van der Waals surface area contributed by atoms with Crippen molar-refractivity contribution < 1.29 is 24.0 Å². The van der Waals surface area contributed by atoms with E-state index in [0.29, 0.717) is 18.8 Å². The van der Waals surface area contributed by atoms with E-state index in [1.54, 1.807) is 24.4 Å². The minimum absolute atomic E-state index is 0.0286. The number of carbonyl (C=O) groups excluding carboxylic acids is 2. The first-order valence-corrected chi connectivity index (χ1v) is 8.64. The molecule has 2 heterocycles. The van der Waals surface area contributed by atoms with Crippen molar-refractivity contribution in [2.24, 2.45) is 0 Å². The maximum absolute atomic E-state index is 13.2. The Labute approximate surface area is 156 Å².